The molecule has 1 aromatic carbocycles. The Bertz CT molecular complexity index is 939. The Labute approximate surface area is 190 Å². The summed E-state index contributed by atoms with van der Waals surface area (Å²) in [6.45, 7) is 8.72. The zero-order valence-corrected chi connectivity index (χ0v) is 18.2. The number of carbonyl (C=O) groups excluding carboxylic acids is 2. The Balaban J connectivity index is 1.53. The molecular weight excluding hydrogens is 437 g/mol. The fourth-order valence-electron chi connectivity index (χ4n) is 4.48. The zero-order valence-electron chi connectivity index (χ0n) is 18.2. The van der Waals surface area contributed by atoms with Crippen molar-refractivity contribution in [3.8, 4) is 0 Å². The van der Waals surface area contributed by atoms with Gasteiger partial charge >= 0.3 is 12.2 Å². The summed E-state index contributed by atoms with van der Waals surface area (Å²) in [6, 6.07) is 3.37. The minimum absolute atomic E-state index is 0.203. The largest absolute Gasteiger partial charge is 0.416 e. The number of carbonyl (C=O) groups is 2. The van der Waals surface area contributed by atoms with Crippen LogP contribution in [0.4, 0.5) is 18.0 Å². The standard InChI is InChI=1S/C23H27F3N4O3/c1-2-8-30-18-15-29(10-3-9-28-11-13-33-14-12-28)21(31)19(18)20(27-22(30)32)16-4-6-17(7-5-16)23(24,25)26/h2,4-7,20H,1,3,8-15H2,(H,27,32)/t20-/m1/s1. The van der Waals surface area contributed by atoms with Gasteiger partial charge in [0, 0.05) is 32.7 Å². The highest BCUT2D eigenvalue weighted by atomic mass is 19.4. The Morgan fingerprint density at radius 3 is 2.45 bits per heavy atom. The molecule has 33 heavy (non-hydrogen) atoms. The Kier molecular flexibility index (Phi) is 6.76. The number of halogens is 3. The molecule has 0 aromatic heterocycles. The first-order chi connectivity index (χ1) is 15.8. The second kappa shape index (κ2) is 9.56. The molecule has 0 spiro atoms. The molecule has 1 fully saturated rings. The molecule has 3 aliphatic rings. The van der Waals surface area contributed by atoms with Gasteiger partial charge in [-0.3, -0.25) is 14.6 Å². The summed E-state index contributed by atoms with van der Waals surface area (Å²) in [4.78, 5) is 31.6. The van der Waals surface area contributed by atoms with E-state index in [2.05, 4.69) is 16.8 Å². The number of amides is 3. The monoisotopic (exact) mass is 464 g/mol. The molecule has 3 amide bonds. The van der Waals surface area contributed by atoms with E-state index in [1.807, 2.05) is 0 Å². The van der Waals surface area contributed by atoms with Crippen molar-refractivity contribution in [3.05, 3.63) is 59.3 Å². The lowest BCUT2D eigenvalue weighted by atomic mass is 9.94. The van der Waals surface area contributed by atoms with E-state index >= 15 is 0 Å². The van der Waals surface area contributed by atoms with Gasteiger partial charge in [0.15, 0.2) is 0 Å². The summed E-state index contributed by atoms with van der Waals surface area (Å²) < 4.78 is 44.3. The van der Waals surface area contributed by atoms with Crippen LogP contribution in [0.5, 0.6) is 0 Å². The third kappa shape index (κ3) is 4.91. The van der Waals surface area contributed by atoms with E-state index in [9.17, 15) is 22.8 Å². The molecule has 4 rings (SSSR count). The lowest BCUT2D eigenvalue weighted by Crippen LogP contribution is -2.47. The maximum atomic E-state index is 13.3. The number of benzene rings is 1. The normalized spacial score (nSPS) is 22.0. The molecule has 0 bridgehead atoms. The zero-order chi connectivity index (χ0) is 23.6. The molecule has 0 unspecified atom stereocenters. The van der Waals surface area contributed by atoms with Gasteiger partial charge in [-0.1, -0.05) is 18.2 Å². The highest BCUT2D eigenvalue weighted by molar-refractivity contribution is 6.01. The SMILES string of the molecule is C=CCN1C(=O)N[C@H](c2ccc(C(F)(F)F)cc2)C2=C1CN(CCCN1CCOCC1)C2=O. The molecule has 0 saturated carbocycles. The fourth-order valence-corrected chi connectivity index (χ4v) is 4.48. The molecule has 178 valence electrons. The molecular formula is C23H27F3N4O3. The Morgan fingerprint density at radius 1 is 1.12 bits per heavy atom. The predicted octanol–water partition coefficient (Wildman–Crippen LogP) is 2.78. The van der Waals surface area contributed by atoms with Crippen LogP contribution in [0.3, 0.4) is 0 Å². The van der Waals surface area contributed by atoms with Crippen LogP contribution in [0, 0.1) is 0 Å². The second-order valence-electron chi connectivity index (χ2n) is 8.30. The van der Waals surface area contributed by atoms with Crippen molar-refractivity contribution in [2.24, 2.45) is 0 Å². The van der Waals surface area contributed by atoms with Gasteiger partial charge in [-0.25, -0.2) is 4.79 Å². The summed E-state index contributed by atoms with van der Waals surface area (Å²) in [7, 11) is 0. The molecule has 1 N–H and O–H groups in total. The summed E-state index contributed by atoms with van der Waals surface area (Å²) >= 11 is 0. The van der Waals surface area contributed by atoms with Gasteiger partial charge in [-0.2, -0.15) is 13.2 Å². The number of hydrogen-bond donors (Lipinski definition) is 1. The number of ether oxygens (including phenoxy) is 1. The number of hydrogen-bond acceptors (Lipinski definition) is 4. The van der Waals surface area contributed by atoms with Gasteiger partial charge in [0.1, 0.15) is 0 Å². The highest BCUT2D eigenvalue weighted by Gasteiger charge is 2.43. The number of morpholine rings is 1. The van der Waals surface area contributed by atoms with E-state index in [4.69, 9.17) is 4.74 Å². The van der Waals surface area contributed by atoms with Crippen LogP contribution in [0.2, 0.25) is 0 Å². The summed E-state index contributed by atoms with van der Waals surface area (Å²) in [5.41, 5.74) is 0.645. The summed E-state index contributed by atoms with van der Waals surface area (Å²) in [6.07, 6.45) is -2.10. The summed E-state index contributed by atoms with van der Waals surface area (Å²) in [5, 5.41) is 2.79. The third-order valence-electron chi connectivity index (χ3n) is 6.19. The average Bonchev–Trinajstić information content (AvgIpc) is 3.12. The number of nitrogens with zero attached hydrogens (tertiary/aromatic N) is 3. The van der Waals surface area contributed by atoms with Crippen LogP contribution in [-0.2, 0) is 15.7 Å². The van der Waals surface area contributed by atoms with Crippen molar-refractivity contribution in [2.45, 2.75) is 18.6 Å². The van der Waals surface area contributed by atoms with Crippen LogP contribution in [0.1, 0.15) is 23.6 Å². The molecule has 3 heterocycles. The lowest BCUT2D eigenvalue weighted by Gasteiger charge is -2.33. The van der Waals surface area contributed by atoms with Crippen LogP contribution in [-0.4, -0.2) is 79.1 Å². The van der Waals surface area contributed by atoms with Crippen LogP contribution >= 0.6 is 0 Å². The maximum Gasteiger partial charge on any atom is 0.416 e. The Morgan fingerprint density at radius 2 is 1.82 bits per heavy atom. The van der Waals surface area contributed by atoms with E-state index in [1.54, 1.807) is 11.0 Å². The molecule has 1 aromatic rings. The molecule has 10 heteroatoms. The minimum atomic E-state index is -4.46. The molecule has 3 aliphatic heterocycles. The number of rotatable bonds is 7. The van der Waals surface area contributed by atoms with Gasteiger partial charge < -0.3 is 15.0 Å². The van der Waals surface area contributed by atoms with E-state index in [0.717, 1.165) is 38.2 Å². The number of urea groups is 1. The molecule has 7 nitrogen and oxygen atoms in total. The van der Waals surface area contributed by atoms with E-state index in [0.29, 0.717) is 36.6 Å². The second-order valence-corrected chi connectivity index (χ2v) is 8.30. The summed E-state index contributed by atoms with van der Waals surface area (Å²) in [5.74, 6) is -0.203. The first-order valence-electron chi connectivity index (χ1n) is 11.0. The van der Waals surface area contributed by atoms with E-state index in [-0.39, 0.29) is 19.0 Å². The highest BCUT2D eigenvalue weighted by Crippen LogP contribution is 2.37. The molecule has 0 aliphatic carbocycles. The van der Waals surface area contributed by atoms with Crippen molar-refractivity contribution >= 4 is 11.9 Å². The number of alkyl halides is 3. The van der Waals surface area contributed by atoms with Crippen LogP contribution < -0.4 is 5.32 Å². The van der Waals surface area contributed by atoms with Gasteiger partial charge in [0.05, 0.1) is 42.6 Å². The van der Waals surface area contributed by atoms with Crippen LogP contribution in [0.15, 0.2) is 48.2 Å². The lowest BCUT2D eigenvalue weighted by molar-refractivity contribution is -0.137. The quantitative estimate of drug-likeness (QED) is 0.631. The van der Waals surface area contributed by atoms with Gasteiger partial charge in [-0.05, 0) is 24.1 Å². The number of nitrogens with one attached hydrogen (secondary N) is 1. The smallest absolute Gasteiger partial charge is 0.379 e. The van der Waals surface area contributed by atoms with Gasteiger partial charge in [0.25, 0.3) is 5.91 Å². The fraction of sp³-hybridized carbons (Fsp3) is 0.478. The first-order valence-corrected chi connectivity index (χ1v) is 11.0. The maximum absolute atomic E-state index is 13.3. The van der Waals surface area contributed by atoms with Crippen molar-refractivity contribution in [1.82, 2.24) is 20.0 Å². The topological polar surface area (TPSA) is 65.1 Å². The van der Waals surface area contributed by atoms with Gasteiger partial charge in [-0.15, -0.1) is 6.58 Å². The van der Waals surface area contributed by atoms with Crippen molar-refractivity contribution in [1.29, 1.82) is 0 Å². The minimum Gasteiger partial charge on any atom is -0.379 e. The average molecular weight is 464 g/mol. The van der Waals surface area contributed by atoms with Crippen molar-refractivity contribution in [3.63, 3.8) is 0 Å². The molecule has 0 radical (unpaired) electrons. The third-order valence-corrected chi connectivity index (χ3v) is 6.19. The Hall–Kier alpha value is -2.85. The molecule has 1 atom stereocenters. The van der Waals surface area contributed by atoms with E-state index in [1.165, 1.54) is 17.0 Å². The predicted molar refractivity (Wildman–Crippen MR) is 115 cm³/mol. The molecule has 1 saturated heterocycles. The van der Waals surface area contributed by atoms with Crippen LogP contribution in [0.25, 0.3) is 0 Å². The van der Waals surface area contributed by atoms with E-state index < -0.39 is 23.8 Å². The first kappa shape index (κ1) is 23.3. The van der Waals surface area contributed by atoms with Gasteiger partial charge in [0.2, 0.25) is 0 Å². The van der Waals surface area contributed by atoms with Crippen molar-refractivity contribution < 1.29 is 27.5 Å². The van der Waals surface area contributed by atoms with Crippen molar-refractivity contribution in [2.75, 3.05) is 52.5 Å².